The summed E-state index contributed by atoms with van der Waals surface area (Å²) in [4.78, 5) is 21.0. The standard InChI is InChI=1S/C11H18N4O2/c1-12-5-8-6-13-10(14-11(8)16)9-7-15(2)3-4-17-9/h6,9,12H,3-5,7H2,1-2H3,(H,13,14,16). The molecule has 0 saturated carbocycles. The topological polar surface area (TPSA) is 70.2 Å². The molecule has 0 radical (unpaired) electrons. The molecule has 2 N–H and O–H groups in total. The fraction of sp³-hybridized carbons (Fsp3) is 0.636. The van der Waals surface area contributed by atoms with Gasteiger partial charge in [-0.15, -0.1) is 0 Å². The van der Waals surface area contributed by atoms with E-state index in [-0.39, 0.29) is 11.7 Å². The van der Waals surface area contributed by atoms with E-state index in [2.05, 4.69) is 20.2 Å². The second-order valence-corrected chi connectivity index (χ2v) is 4.27. The van der Waals surface area contributed by atoms with Crippen molar-refractivity contribution < 1.29 is 4.74 Å². The molecule has 1 aromatic rings. The minimum Gasteiger partial charge on any atom is -0.368 e. The number of likely N-dealkylation sites (N-methyl/N-ethyl adjacent to an activating group) is 1. The van der Waals surface area contributed by atoms with Gasteiger partial charge in [0.05, 0.1) is 6.61 Å². The molecule has 0 bridgehead atoms. The van der Waals surface area contributed by atoms with Gasteiger partial charge >= 0.3 is 0 Å². The molecule has 0 aliphatic carbocycles. The van der Waals surface area contributed by atoms with E-state index in [4.69, 9.17) is 4.74 Å². The lowest BCUT2D eigenvalue weighted by molar-refractivity contribution is -0.0256. The number of ether oxygens (including phenoxy) is 1. The lowest BCUT2D eigenvalue weighted by Gasteiger charge is -2.29. The monoisotopic (exact) mass is 238 g/mol. The van der Waals surface area contributed by atoms with Crippen LogP contribution in [0.1, 0.15) is 17.5 Å². The first-order valence-corrected chi connectivity index (χ1v) is 5.73. The Balaban J connectivity index is 2.16. The van der Waals surface area contributed by atoms with Gasteiger partial charge in [-0.05, 0) is 14.1 Å². The summed E-state index contributed by atoms with van der Waals surface area (Å²) in [6.45, 7) is 2.87. The first-order chi connectivity index (χ1) is 8.20. The van der Waals surface area contributed by atoms with Crippen molar-refractivity contribution in [1.82, 2.24) is 20.2 Å². The Kier molecular flexibility index (Phi) is 3.88. The smallest absolute Gasteiger partial charge is 0.255 e. The Labute approximate surface area is 100 Å². The van der Waals surface area contributed by atoms with Gasteiger partial charge in [0.15, 0.2) is 0 Å². The van der Waals surface area contributed by atoms with E-state index in [1.54, 1.807) is 13.2 Å². The molecule has 94 valence electrons. The highest BCUT2D eigenvalue weighted by Gasteiger charge is 2.21. The van der Waals surface area contributed by atoms with Crippen LogP contribution in [0.25, 0.3) is 0 Å². The summed E-state index contributed by atoms with van der Waals surface area (Å²) < 4.78 is 5.60. The van der Waals surface area contributed by atoms with Gasteiger partial charge in [-0.25, -0.2) is 4.98 Å². The molecule has 6 nitrogen and oxygen atoms in total. The molecular formula is C11H18N4O2. The fourth-order valence-corrected chi connectivity index (χ4v) is 1.86. The van der Waals surface area contributed by atoms with E-state index in [1.165, 1.54) is 0 Å². The molecule has 1 aliphatic heterocycles. The third-order valence-corrected chi connectivity index (χ3v) is 2.83. The van der Waals surface area contributed by atoms with Crippen molar-refractivity contribution >= 4 is 0 Å². The highest BCUT2D eigenvalue weighted by Crippen LogP contribution is 2.16. The molecular weight excluding hydrogens is 220 g/mol. The maximum atomic E-state index is 11.7. The van der Waals surface area contributed by atoms with Crippen LogP contribution in [0.15, 0.2) is 11.0 Å². The van der Waals surface area contributed by atoms with E-state index in [0.717, 1.165) is 13.1 Å². The summed E-state index contributed by atoms with van der Waals surface area (Å²) in [7, 11) is 3.83. The van der Waals surface area contributed by atoms with E-state index in [1.807, 2.05) is 7.05 Å². The Morgan fingerprint density at radius 2 is 2.53 bits per heavy atom. The third-order valence-electron chi connectivity index (χ3n) is 2.83. The number of nitrogens with one attached hydrogen (secondary N) is 2. The van der Waals surface area contributed by atoms with Gasteiger partial charge in [-0.3, -0.25) is 4.79 Å². The first kappa shape index (κ1) is 12.2. The molecule has 1 unspecified atom stereocenters. The number of H-pyrrole nitrogens is 1. The van der Waals surface area contributed by atoms with Gasteiger partial charge in [0.1, 0.15) is 11.9 Å². The largest absolute Gasteiger partial charge is 0.368 e. The average molecular weight is 238 g/mol. The minimum atomic E-state index is -0.134. The zero-order chi connectivity index (χ0) is 12.3. The van der Waals surface area contributed by atoms with Gasteiger partial charge in [-0.2, -0.15) is 0 Å². The molecule has 0 aromatic carbocycles. The van der Waals surface area contributed by atoms with Crippen molar-refractivity contribution in [2.75, 3.05) is 33.8 Å². The number of hydrogen-bond donors (Lipinski definition) is 2. The highest BCUT2D eigenvalue weighted by atomic mass is 16.5. The molecule has 6 heteroatoms. The number of rotatable bonds is 3. The van der Waals surface area contributed by atoms with Crippen molar-refractivity contribution in [2.45, 2.75) is 12.6 Å². The van der Waals surface area contributed by atoms with Crippen molar-refractivity contribution in [3.8, 4) is 0 Å². The van der Waals surface area contributed by atoms with Gasteiger partial charge in [0.25, 0.3) is 5.56 Å². The minimum absolute atomic E-state index is 0.0961. The van der Waals surface area contributed by atoms with Gasteiger partial charge in [-0.1, -0.05) is 0 Å². The molecule has 1 fully saturated rings. The first-order valence-electron chi connectivity index (χ1n) is 5.73. The molecule has 2 rings (SSSR count). The van der Waals surface area contributed by atoms with E-state index < -0.39 is 0 Å². The lowest BCUT2D eigenvalue weighted by Crippen LogP contribution is -2.37. The zero-order valence-corrected chi connectivity index (χ0v) is 10.2. The predicted octanol–water partition coefficient (Wildman–Crippen LogP) is -0.508. The number of aromatic nitrogens is 2. The van der Waals surface area contributed by atoms with Crippen molar-refractivity contribution in [2.24, 2.45) is 0 Å². The molecule has 1 aromatic heterocycles. The third kappa shape index (κ3) is 2.91. The SMILES string of the molecule is CNCc1cnc(C2CN(C)CCO2)[nH]c1=O. The Morgan fingerprint density at radius 3 is 3.18 bits per heavy atom. The zero-order valence-electron chi connectivity index (χ0n) is 10.2. The van der Waals surface area contributed by atoms with Crippen molar-refractivity contribution in [3.63, 3.8) is 0 Å². The van der Waals surface area contributed by atoms with Gasteiger partial charge < -0.3 is 19.9 Å². The lowest BCUT2D eigenvalue weighted by atomic mass is 10.2. The number of aromatic amines is 1. The van der Waals surface area contributed by atoms with E-state index in [9.17, 15) is 4.79 Å². The summed E-state index contributed by atoms with van der Waals surface area (Å²) in [5.74, 6) is 0.612. The predicted molar refractivity (Wildman–Crippen MR) is 63.8 cm³/mol. The summed E-state index contributed by atoms with van der Waals surface area (Å²) in [5.41, 5.74) is 0.543. The van der Waals surface area contributed by atoms with E-state index >= 15 is 0 Å². The van der Waals surface area contributed by atoms with Gasteiger partial charge in [0.2, 0.25) is 0 Å². The Morgan fingerprint density at radius 1 is 1.71 bits per heavy atom. The molecule has 0 amide bonds. The summed E-state index contributed by atoms with van der Waals surface area (Å²) in [6, 6.07) is 0. The van der Waals surface area contributed by atoms with Crippen LogP contribution in [-0.2, 0) is 11.3 Å². The van der Waals surface area contributed by atoms with Crippen LogP contribution < -0.4 is 10.9 Å². The normalized spacial score (nSPS) is 21.6. The highest BCUT2D eigenvalue weighted by molar-refractivity contribution is 5.07. The molecule has 1 aliphatic rings. The number of nitrogens with zero attached hydrogens (tertiary/aromatic N) is 2. The maximum Gasteiger partial charge on any atom is 0.255 e. The average Bonchev–Trinajstić information content (AvgIpc) is 2.32. The molecule has 17 heavy (non-hydrogen) atoms. The van der Waals surface area contributed by atoms with Crippen LogP contribution in [0.4, 0.5) is 0 Å². The Bertz CT molecular complexity index is 432. The Hall–Kier alpha value is -1.24. The van der Waals surface area contributed by atoms with Crippen LogP contribution in [0.3, 0.4) is 0 Å². The van der Waals surface area contributed by atoms with Crippen LogP contribution in [0, 0.1) is 0 Å². The van der Waals surface area contributed by atoms with Crippen LogP contribution in [0.5, 0.6) is 0 Å². The van der Waals surface area contributed by atoms with Crippen molar-refractivity contribution in [3.05, 3.63) is 27.9 Å². The summed E-state index contributed by atoms with van der Waals surface area (Å²) >= 11 is 0. The summed E-state index contributed by atoms with van der Waals surface area (Å²) in [6.07, 6.45) is 1.48. The molecule has 2 heterocycles. The second kappa shape index (κ2) is 5.39. The number of morpholine rings is 1. The van der Waals surface area contributed by atoms with Crippen molar-refractivity contribution in [1.29, 1.82) is 0 Å². The van der Waals surface area contributed by atoms with Crippen LogP contribution >= 0.6 is 0 Å². The fourth-order valence-electron chi connectivity index (χ4n) is 1.86. The molecule has 1 atom stereocenters. The van der Waals surface area contributed by atoms with E-state index in [0.29, 0.717) is 24.5 Å². The quantitative estimate of drug-likeness (QED) is 0.742. The summed E-state index contributed by atoms with van der Waals surface area (Å²) in [5, 5.41) is 2.93. The van der Waals surface area contributed by atoms with Gasteiger partial charge in [0, 0.05) is 31.4 Å². The van der Waals surface area contributed by atoms with Crippen LogP contribution in [-0.4, -0.2) is 48.7 Å². The van der Waals surface area contributed by atoms with Crippen LogP contribution in [0.2, 0.25) is 0 Å². The molecule has 0 spiro atoms. The number of hydrogen-bond acceptors (Lipinski definition) is 5. The maximum absolute atomic E-state index is 11.7. The molecule has 1 saturated heterocycles. The second-order valence-electron chi connectivity index (χ2n) is 4.27.